The maximum Gasteiger partial charge on any atom is 0.00453 e. The van der Waals surface area contributed by atoms with Gasteiger partial charge in [-0.2, -0.15) is 12.6 Å². The average Bonchev–Trinajstić information content (AvgIpc) is 2.12. The molecular formula is C14H28S. The van der Waals surface area contributed by atoms with Gasteiger partial charge in [0.05, 0.1) is 0 Å². The van der Waals surface area contributed by atoms with Crippen LogP contribution >= 0.6 is 12.6 Å². The number of hydrogen-bond donors (Lipinski definition) is 1. The highest BCUT2D eigenvalue weighted by Gasteiger charge is 2.34. The molecule has 0 aromatic heterocycles. The molecule has 1 aliphatic carbocycles. The van der Waals surface area contributed by atoms with Crippen molar-refractivity contribution in [2.75, 3.05) is 0 Å². The van der Waals surface area contributed by atoms with Crippen molar-refractivity contribution in [3.63, 3.8) is 0 Å². The Morgan fingerprint density at radius 3 is 2.20 bits per heavy atom. The van der Waals surface area contributed by atoms with Crippen molar-refractivity contribution < 1.29 is 0 Å². The van der Waals surface area contributed by atoms with Gasteiger partial charge in [0.2, 0.25) is 0 Å². The van der Waals surface area contributed by atoms with Crippen LogP contribution in [0.2, 0.25) is 0 Å². The number of rotatable bonds is 6. The number of hydrogen-bond acceptors (Lipinski definition) is 1. The molecule has 0 aliphatic heterocycles. The van der Waals surface area contributed by atoms with Gasteiger partial charge in [-0.25, -0.2) is 0 Å². The van der Waals surface area contributed by atoms with Gasteiger partial charge >= 0.3 is 0 Å². The van der Waals surface area contributed by atoms with Crippen LogP contribution in [0.4, 0.5) is 0 Å². The van der Waals surface area contributed by atoms with E-state index in [1.54, 1.807) is 0 Å². The molecule has 2 unspecified atom stereocenters. The van der Waals surface area contributed by atoms with E-state index in [1.165, 1.54) is 38.5 Å². The molecule has 0 nitrogen and oxygen atoms in total. The Morgan fingerprint density at radius 1 is 1.27 bits per heavy atom. The molecule has 0 radical (unpaired) electrons. The lowest BCUT2D eigenvalue weighted by Gasteiger charge is -2.41. The summed E-state index contributed by atoms with van der Waals surface area (Å²) in [5, 5.41) is 0.626. The van der Waals surface area contributed by atoms with Crippen molar-refractivity contribution in [1.29, 1.82) is 0 Å². The molecular weight excluding hydrogens is 200 g/mol. The van der Waals surface area contributed by atoms with Gasteiger partial charge in [0, 0.05) is 5.25 Å². The van der Waals surface area contributed by atoms with Crippen LogP contribution in [-0.2, 0) is 0 Å². The zero-order valence-corrected chi connectivity index (χ0v) is 11.8. The first-order chi connectivity index (χ1) is 7.00. The Labute approximate surface area is 102 Å². The van der Waals surface area contributed by atoms with E-state index in [2.05, 4.69) is 27.7 Å². The third kappa shape index (κ3) is 3.69. The molecule has 1 fully saturated rings. The van der Waals surface area contributed by atoms with Crippen LogP contribution in [0.25, 0.3) is 0 Å². The molecule has 90 valence electrons. The van der Waals surface area contributed by atoms with E-state index in [-0.39, 0.29) is 0 Å². The Hall–Kier alpha value is 0.350. The topological polar surface area (TPSA) is 0 Å². The Kier molecular flexibility index (Phi) is 5.02. The summed E-state index contributed by atoms with van der Waals surface area (Å²) in [4.78, 5) is 0. The molecule has 2 atom stereocenters. The second-order valence-electron chi connectivity index (χ2n) is 6.05. The molecule has 15 heavy (non-hydrogen) atoms. The molecule has 0 bridgehead atoms. The summed E-state index contributed by atoms with van der Waals surface area (Å²) in [5.74, 6) is 1.85. The van der Waals surface area contributed by atoms with Crippen LogP contribution in [0.3, 0.4) is 0 Å². The predicted molar refractivity (Wildman–Crippen MR) is 72.6 cm³/mol. The lowest BCUT2D eigenvalue weighted by atomic mass is 9.67. The molecule has 0 heterocycles. The lowest BCUT2D eigenvalue weighted by Crippen LogP contribution is -2.32. The highest BCUT2D eigenvalue weighted by molar-refractivity contribution is 7.81. The van der Waals surface area contributed by atoms with E-state index in [9.17, 15) is 0 Å². The maximum absolute atomic E-state index is 4.80. The van der Waals surface area contributed by atoms with Crippen molar-refractivity contribution in [3.8, 4) is 0 Å². The van der Waals surface area contributed by atoms with E-state index < -0.39 is 0 Å². The summed E-state index contributed by atoms with van der Waals surface area (Å²) in [7, 11) is 0. The molecule has 0 amide bonds. The van der Waals surface area contributed by atoms with Crippen LogP contribution in [-0.4, -0.2) is 5.25 Å². The van der Waals surface area contributed by atoms with Gasteiger partial charge in [0.25, 0.3) is 0 Å². The fourth-order valence-corrected chi connectivity index (χ4v) is 2.92. The smallest absolute Gasteiger partial charge is 0.00453 e. The molecule has 1 aliphatic rings. The van der Waals surface area contributed by atoms with Crippen molar-refractivity contribution in [2.24, 2.45) is 17.3 Å². The average molecular weight is 228 g/mol. The van der Waals surface area contributed by atoms with Crippen LogP contribution in [0, 0.1) is 17.3 Å². The standard InChI is InChI=1S/C14H28S/c1-5-13(15)12(11-8-7-9-11)10-14(3,4)6-2/h11-13,15H,5-10H2,1-4H3. The van der Waals surface area contributed by atoms with Crippen molar-refractivity contribution in [3.05, 3.63) is 0 Å². The van der Waals surface area contributed by atoms with Crippen LogP contribution in [0.15, 0.2) is 0 Å². The van der Waals surface area contributed by atoms with Gasteiger partial charge in [0.1, 0.15) is 0 Å². The Morgan fingerprint density at radius 2 is 1.87 bits per heavy atom. The van der Waals surface area contributed by atoms with Crippen molar-refractivity contribution >= 4 is 12.6 Å². The molecule has 1 rings (SSSR count). The Balaban J connectivity index is 2.55. The maximum atomic E-state index is 4.80. The van der Waals surface area contributed by atoms with Gasteiger partial charge in [0.15, 0.2) is 0 Å². The molecule has 0 saturated heterocycles. The summed E-state index contributed by atoms with van der Waals surface area (Å²) in [6.07, 6.45) is 8.27. The van der Waals surface area contributed by atoms with E-state index in [4.69, 9.17) is 12.6 Å². The normalized spacial score (nSPS) is 22.2. The highest BCUT2D eigenvalue weighted by atomic mass is 32.1. The monoisotopic (exact) mass is 228 g/mol. The predicted octanol–water partition coefficient (Wildman–Crippen LogP) is 4.94. The van der Waals surface area contributed by atoms with Gasteiger partial charge in [-0.1, -0.05) is 53.4 Å². The first-order valence-electron chi connectivity index (χ1n) is 6.68. The third-order valence-electron chi connectivity index (χ3n) is 4.41. The quantitative estimate of drug-likeness (QED) is 0.612. The second kappa shape index (κ2) is 5.61. The van der Waals surface area contributed by atoms with E-state index >= 15 is 0 Å². The third-order valence-corrected chi connectivity index (χ3v) is 5.16. The van der Waals surface area contributed by atoms with E-state index in [0.717, 1.165) is 11.8 Å². The Bertz CT molecular complexity index is 177. The lowest BCUT2D eigenvalue weighted by molar-refractivity contribution is 0.137. The molecule has 0 aromatic rings. The molecule has 0 aromatic carbocycles. The van der Waals surface area contributed by atoms with Crippen LogP contribution < -0.4 is 0 Å². The first-order valence-corrected chi connectivity index (χ1v) is 7.20. The van der Waals surface area contributed by atoms with Gasteiger partial charge in [-0.15, -0.1) is 0 Å². The van der Waals surface area contributed by atoms with Crippen molar-refractivity contribution in [1.82, 2.24) is 0 Å². The van der Waals surface area contributed by atoms with Crippen LogP contribution in [0.5, 0.6) is 0 Å². The summed E-state index contributed by atoms with van der Waals surface area (Å²) in [5.41, 5.74) is 0.510. The molecule has 0 N–H and O–H groups in total. The van der Waals surface area contributed by atoms with E-state index in [0.29, 0.717) is 10.7 Å². The SMILES string of the molecule is CCC(S)C(CC(C)(C)CC)C1CCC1. The zero-order chi connectivity index (χ0) is 11.5. The molecule has 1 saturated carbocycles. The minimum absolute atomic E-state index is 0.510. The summed E-state index contributed by atoms with van der Waals surface area (Å²) in [6, 6.07) is 0. The minimum atomic E-state index is 0.510. The van der Waals surface area contributed by atoms with Crippen LogP contribution in [0.1, 0.15) is 66.2 Å². The van der Waals surface area contributed by atoms with Gasteiger partial charge in [-0.05, 0) is 30.1 Å². The second-order valence-corrected chi connectivity index (χ2v) is 6.72. The summed E-state index contributed by atoms with van der Waals surface area (Å²) in [6.45, 7) is 9.42. The van der Waals surface area contributed by atoms with E-state index in [1.807, 2.05) is 0 Å². The molecule has 1 heteroatoms. The zero-order valence-electron chi connectivity index (χ0n) is 10.9. The highest BCUT2D eigenvalue weighted by Crippen LogP contribution is 2.44. The molecule has 0 spiro atoms. The largest absolute Gasteiger partial charge is 0.176 e. The number of thiol groups is 1. The fraction of sp³-hybridized carbons (Fsp3) is 1.00. The fourth-order valence-electron chi connectivity index (χ4n) is 2.57. The van der Waals surface area contributed by atoms with Gasteiger partial charge in [-0.3, -0.25) is 0 Å². The van der Waals surface area contributed by atoms with Gasteiger partial charge < -0.3 is 0 Å². The first kappa shape index (κ1) is 13.4. The minimum Gasteiger partial charge on any atom is -0.176 e. The van der Waals surface area contributed by atoms with Crippen molar-refractivity contribution in [2.45, 2.75) is 71.5 Å². The summed E-state index contributed by atoms with van der Waals surface area (Å²) < 4.78 is 0. The summed E-state index contributed by atoms with van der Waals surface area (Å²) >= 11 is 4.80.